The molecule has 1 aromatic carbocycles. The second-order valence-corrected chi connectivity index (χ2v) is 6.12. The molecule has 7 heteroatoms. The fraction of sp³-hybridized carbons (Fsp3) is 0.588. The van der Waals surface area contributed by atoms with Gasteiger partial charge >= 0.3 is 7.48 Å². The summed E-state index contributed by atoms with van der Waals surface area (Å²) in [5, 5.41) is 2.98. The molecule has 1 aromatic rings. The molecule has 2 rings (SSSR count). The number of nitrogens with zero attached hydrogens (tertiary/aromatic N) is 1. The molecule has 131 valence electrons. The fourth-order valence-corrected chi connectivity index (χ4v) is 2.80. The monoisotopic (exact) mass is 332 g/mol. The molecule has 2 N–H and O–H groups in total. The minimum atomic E-state index is -0.105. The molecule has 1 fully saturated rings. The molecule has 1 aliphatic rings. The smallest absolute Gasteiger partial charge is 0.378 e. The van der Waals surface area contributed by atoms with E-state index in [-0.39, 0.29) is 17.8 Å². The topological polar surface area (TPSA) is 62.8 Å². The van der Waals surface area contributed by atoms with Crippen LogP contribution in [0.2, 0.25) is 0 Å². The number of carbonyl (C=O) groups excluding carboxylic acids is 1. The van der Waals surface area contributed by atoms with E-state index in [0.29, 0.717) is 13.2 Å². The maximum Gasteiger partial charge on any atom is 0.378 e. The van der Waals surface area contributed by atoms with E-state index in [4.69, 9.17) is 9.49 Å². The van der Waals surface area contributed by atoms with Crippen LogP contribution in [0.4, 0.5) is 0 Å². The summed E-state index contributed by atoms with van der Waals surface area (Å²) in [6, 6.07) is 10.2. The number of piperidine rings is 1. The van der Waals surface area contributed by atoms with E-state index in [1.165, 1.54) is 7.48 Å². The average molecular weight is 332 g/mol. The number of benzene rings is 1. The van der Waals surface area contributed by atoms with Gasteiger partial charge in [-0.3, -0.25) is 9.74 Å². The lowest BCUT2D eigenvalue weighted by molar-refractivity contribution is -0.119. The molecule has 1 aliphatic heterocycles. The van der Waals surface area contributed by atoms with E-state index in [2.05, 4.69) is 15.7 Å². The Morgan fingerprint density at radius 1 is 1.33 bits per heavy atom. The van der Waals surface area contributed by atoms with Crippen molar-refractivity contribution >= 4 is 13.2 Å². The van der Waals surface area contributed by atoms with Crippen molar-refractivity contribution in [3.05, 3.63) is 35.9 Å². The van der Waals surface area contributed by atoms with Crippen molar-refractivity contribution < 1.29 is 14.3 Å². The van der Waals surface area contributed by atoms with Crippen molar-refractivity contribution in [2.75, 3.05) is 33.8 Å². The van der Waals surface area contributed by atoms with Gasteiger partial charge in [-0.25, -0.2) is 0 Å². The highest BCUT2D eigenvalue weighted by Crippen LogP contribution is 2.16. The molecule has 0 aliphatic carbocycles. The quantitative estimate of drug-likeness (QED) is 0.371. The number of likely N-dealkylation sites (tertiary alicyclic amines) is 1. The zero-order valence-corrected chi connectivity index (χ0v) is 14.5. The molecule has 2 atom stereocenters. The molecule has 0 saturated carbocycles. The summed E-state index contributed by atoms with van der Waals surface area (Å²) in [7, 11) is 5.18. The second kappa shape index (κ2) is 10.6. The second-order valence-electron chi connectivity index (χ2n) is 6.12. The number of hydroxylamine groups is 1. The predicted octanol–water partition coefficient (Wildman–Crippen LogP) is 0.552. The van der Waals surface area contributed by atoms with Gasteiger partial charge in [-0.15, -0.1) is 0 Å². The maximum atomic E-state index is 12.2. The van der Waals surface area contributed by atoms with Gasteiger partial charge in [0.15, 0.2) is 0 Å². The number of nitrogens with one attached hydrogen (secondary N) is 2. The molecular formula is C17H27BN3O3. The van der Waals surface area contributed by atoms with E-state index in [1.807, 2.05) is 44.4 Å². The molecule has 0 unspecified atom stereocenters. The number of likely N-dealkylation sites (N-methyl/N-ethyl adjacent to an activating group) is 2. The first-order chi connectivity index (χ1) is 11.7. The van der Waals surface area contributed by atoms with Crippen LogP contribution in [0.5, 0.6) is 0 Å². The largest absolute Gasteiger partial charge is 0.430 e. The third-order valence-electron chi connectivity index (χ3n) is 4.16. The third kappa shape index (κ3) is 6.34. The Morgan fingerprint density at radius 2 is 2.12 bits per heavy atom. The highest BCUT2D eigenvalue weighted by Gasteiger charge is 2.31. The standard InChI is InChI=1S/C17H27BN3O3/c1-19-10-11-23-18-17(22)16-9-8-15(12-21(16)2)20-24-13-14-6-4-3-5-7-14/h3-7,15-16,19-20H,8-13H2,1-2H3/t15-,16+/m1/s1. The van der Waals surface area contributed by atoms with Crippen molar-refractivity contribution in [1.29, 1.82) is 0 Å². The Hall–Kier alpha value is -1.25. The first-order valence-corrected chi connectivity index (χ1v) is 8.45. The summed E-state index contributed by atoms with van der Waals surface area (Å²) < 4.78 is 5.27. The minimum absolute atomic E-state index is 0.0391. The summed E-state index contributed by atoms with van der Waals surface area (Å²) in [5.74, 6) is 0. The maximum absolute atomic E-state index is 12.2. The van der Waals surface area contributed by atoms with Gasteiger partial charge in [0.1, 0.15) is 5.68 Å². The van der Waals surface area contributed by atoms with Crippen molar-refractivity contribution in [2.45, 2.75) is 31.5 Å². The van der Waals surface area contributed by atoms with E-state index in [0.717, 1.165) is 31.5 Å². The highest BCUT2D eigenvalue weighted by molar-refractivity contribution is 6.70. The van der Waals surface area contributed by atoms with Gasteiger partial charge in [-0.05, 0) is 32.5 Å². The first-order valence-electron chi connectivity index (χ1n) is 8.45. The zero-order chi connectivity index (χ0) is 17.2. The summed E-state index contributed by atoms with van der Waals surface area (Å²) in [4.78, 5) is 19.8. The van der Waals surface area contributed by atoms with Gasteiger partial charge in [0, 0.05) is 25.7 Å². The Balaban J connectivity index is 1.65. The van der Waals surface area contributed by atoms with Crippen LogP contribution in [0.15, 0.2) is 30.3 Å². The van der Waals surface area contributed by atoms with E-state index in [9.17, 15) is 4.79 Å². The normalized spacial score (nSPS) is 21.6. The van der Waals surface area contributed by atoms with Gasteiger partial charge in [-0.1, -0.05) is 30.3 Å². The van der Waals surface area contributed by atoms with E-state index in [1.54, 1.807) is 0 Å². The molecule has 1 radical (unpaired) electrons. The average Bonchev–Trinajstić information content (AvgIpc) is 2.59. The van der Waals surface area contributed by atoms with Crippen LogP contribution < -0.4 is 10.8 Å². The van der Waals surface area contributed by atoms with Gasteiger partial charge < -0.3 is 14.8 Å². The Kier molecular flexibility index (Phi) is 8.42. The molecule has 1 heterocycles. The van der Waals surface area contributed by atoms with Crippen molar-refractivity contribution in [1.82, 2.24) is 15.7 Å². The summed E-state index contributed by atoms with van der Waals surface area (Å²) in [6.45, 7) is 2.55. The van der Waals surface area contributed by atoms with Crippen LogP contribution >= 0.6 is 0 Å². The highest BCUT2D eigenvalue weighted by atomic mass is 16.6. The molecule has 0 bridgehead atoms. The van der Waals surface area contributed by atoms with Gasteiger partial charge in [0.25, 0.3) is 0 Å². The lowest BCUT2D eigenvalue weighted by Gasteiger charge is -2.36. The summed E-state index contributed by atoms with van der Waals surface area (Å²) in [6.07, 6.45) is 1.70. The number of hydrogen-bond donors (Lipinski definition) is 2. The molecule has 24 heavy (non-hydrogen) atoms. The van der Waals surface area contributed by atoms with Crippen molar-refractivity contribution in [2.24, 2.45) is 0 Å². The Morgan fingerprint density at radius 3 is 2.83 bits per heavy atom. The molecular weight excluding hydrogens is 305 g/mol. The summed E-state index contributed by atoms with van der Waals surface area (Å²) in [5.41, 5.74) is 4.29. The van der Waals surface area contributed by atoms with E-state index < -0.39 is 0 Å². The molecule has 0 aromatic heterocycles. The van der Waals surface area contributed by atoms with Crippen LogP contribution in [-0.2, 0) is 20.9 Å². The predicted molar refractivity (Wildman–Crippen MR) is 94.4 cm³/mol. The fourth-order valence-electron chi connectivity index (χ4n) is 2.80. The van der Waals surface area contributed by atoms with Crippen LogP contribution in [0, 0.1) is 0 Å². The van der Waals surface area contributed by atoms with Gasteiger partial charge in [0.2, 0.25) is 0 Å². The molecule has 6 nitrogen and oxygen atoms in total. The minimum Gasteiger partial charge on any atom is -0.430 e. The third-order valence-corrected chi connectivity index (χ3v) is 4.16. The first kappa shape index (κ1) is 19.1. The SMILES string of the molecule is CNCCO[B]C(=O)[C@@H]1CC[C@@H](NOCc2ccccc2)CN1C. The number of rotatable bonds is 10. The molecule has 0 amide bonds. The number of carbonyl (C=O) groups is 1. The molecule has 1 saturated heterocycles. The van der Waals surface area contributed by atoms with Crippen molar-refractivity contribution in [3.63, 3.8) is 0 Å². The summed E-state index contributed by atoms with van der Waals surface area (Å²) >= 11 is 0. The van der Waals surface area contributed by atoms with Crippen molar-refractivity contribution in [3.8, 4) is 0 Å². The van der Waals surface area contributed by atoms with E-state index >= 15 is 0 Å². The Labute approximate surface area is 145 Å². The van der Waals surface area contributed by atoms with Crippen LogP contribution in [0.3, 0.4) is 0 Å². The van der Waals surface area contributed by atoms with Gasteiger partial charge in [-0.2, -0.15) is 5.48 Å². The zero-order valence-electron chi connectivity index (χ0n) is 14.5. The Bertz CT molecular complexity index is 489. The van der Waals surface area contributed by atoms with Crippen LogP contribution in [-0.4, -0.2) is 63.9 Å². The van der Waals surface area contributed by atoms with Crippen LogP contribution in [0.25, 0.3) is 0 Å². The lowest BCUT2D eigenvalue weighted by Crippen LogP contribution is -2.52. The van der Waals surface area contributed by atoms with Gasteiger partial charge in [0.05, 0.1) is 12.6 Å². The molecule has 0 spiro atoms. The number of hydrogen-bond acceptors (Lipinski definition) is 6. The lowest BCUT2D eigenvalue weighted by atomic mass is 9.82. The van der Waals surface area contributed by atoms with Crippen LogP contribution in [0.1, 0.15) is 18.4 Å².